The summed E-state index contributed by atoms with van der Waals surface area (Å²) in [6.45, 7) is 1.38. The van der Waals surface area contributed by atoms with Gasteiger partial charge in [0.05, 0.1) is 5.69 Å². The minimum atomic E-state index is -0.320. The largest absolute Gasteiger partial charge is 0.324 e. The average Bonchev–Trinajstić information content (AvgIpc) is 2.72. The van der Waals surface area contributed by atoms with Gasteiger partial charge >= 0.3 is 0 Å². The predicted octanol–water partition coefficient (Wildman–Crippen LogP) is 3.36. The SMILES string of the molecule is CC(=O)Nc1ccc2c(c1F)Cc1ccccc1-2. The van der Waals surface area contributed by atoms with Gasteiger partial charge in [-0.1, -0.05) is 30.3 Å². The first-order valence-electron chi connectivity index (χ1n) is 5.84. The van der Waals surface area contributed by atoms with E-state index < -0.39 is 0 Å². The Morgan fingerprint density at radius 2 is 1.94 bits per heavy atom. The molecule has 1 amide bonds. The van der Waals surface area contributed by atoms with E-state index in [0.717, 1.165) is 16.7 Å². The highest BCUT2D eigenvalue weighted by molar-refractivity contribution is 5.90. The standard InChI is InChI=1S/C15H12FNO/c1-9(18)17-14-7-6-12-11-5-3-2-4-10(11)8-13(12)15(14)16/h2-7H,8H2,1H3,(H,17,18). The molecule has 2 aromatic rings. The molecule has 18 heavy (non-hydrogen) atoms. The quantitative estimate of drug-likeness (QED) is 0.695. The number of amides is 1. The minimum Gasteiger partial charge on any atom is -0.324 e. The fraction of sp³-hybridized carbons (Fsp3) is 0.133. The molecule has 3 rings (SSSR count). The molecular formula is C15H12FNO. The summed E-state index contributed by atoms with van der Waals surface area (Å²) in [6, 6.07) is 11.4. The zero-order valence-corrected chi connectivity index (χ0v) is 9.96. The summed E-state index contributed by atoms with van der Waals surface area (Å²) in [5.74, 6) is -0.580. The van der Waals surface area contributed by atoms with Crippen LogP contribution in [0.25, 0.3) is 11.1 Å². The lowest BCUT2D eigenvalue weighted by atomic mass is 10.1. The smallest absolute Gasteiger partial charge is 0.221 e. The van der Waals surface area contributed by atoms with E-state index in [4.69, 9.17) is 0 Å². The first-order chi connectivity index (χ1) is 8.66. The number of rotatable bonds is 1. The third-order valence-corrected chi connectivity index (χ3v) is 3.23. The molecule has 90 valence electrons. The van der Waals surface area contributed by atoms with Gasteiger partial charge in [-0.3, -0.25) is 4.79 Å². The molecule has 1 aliphatic carbocycles. The van der Waals surface area contributed by atoms with Crippen molar-refractivity contribution in [1.29, 1.82) is 0 Å². The Hall–Kier alpha value is -2.16. The van der Waals surface area contributed by atoms with E-state index in [1.807, 2.05) is 30.3 Å². The second-order valence-electron chi connectivity index (χ2n) is 4.47. The molecule has 1 aliphatic rings. The van der Waals surface area contributed by atoms with E-state index in [9.17, 15) is 9.18 Å². The number of carbonyl (C=O) groups is 1. The van der Waals surface area contributed by atoms with Crippen LogP contribution in [0.2, 0.25) is 0 Å². The lowest BCUT2D eigenvalue weighted by Crippen LogP contribution is -2.08. The number of carbonyl (C=O) groups excluding carboxylic acids is 1. The number of halogens is 1. The van der Waals surface area contributed by atoms with Gasteiger partial charge in [-0.2, -0.15) is 0 Å². The van der Waals surface area contributed by atoms with Crippen LogP contribution in [0.15, 0.2) is 36.4 Å². The normalized spacial score (nSPS) is 11.9. The van der Waals surface area contributed by atoms with Crippen molar-refractivity contribution in [3.63, 3.8) is 0 Å². The Morgan fingerprint density at radius 3 is 2.72 bits per heavy atom. The molecule has 0 unspecified atom stereocenters. The van der Waals surface area contributed by atoms with Crippen molar-refractivity contribution >= 4 is 11.6 Å². The second kappa shape index (κ2) is 3.95. The molecule has 2 nitrogen and oxygen atoms in total. The highest BCUT2D eigenvalue weighted by Gasteiger charge is 2.23. The van der Waals surface area contributed by atoms with Gasteiger partial charge in [-0.15, -0.1) is 0 Å². The van der Waals surface area contributed by atoms with Crippen LogP contribution in [0.4, 0.5) is 10.1 Å². The monoisotopic (exact) mass is 241 g/mol. The molecule has 0 heterocycles. The molecule has 1 N–H and O–H groups in total. The van der Waals surface area contributed by atoms with Gasteiger partial charge in [0.25, 0.3) is 0 Å². The summed E-state index contributed by atoms with van der Waals surface area (Å²) < 4.78 is 14.3. The topological polar surface area (TPSA) is 29.1 Å². The Bertz CT molecular complexity index is 649. The number of benzene rings is 2. The fourth-order valence-corrected chi connectivity index (χ4v) is 2.46. The zero-order valence-electron chi connectivity index (χ0n) is 9.96. The average molecular weight is 241 g/mol. The van der Waals surface area contributed by atoms with Gasteiger partial charge in [-0.25, -0.2) is 4.39 Å². The molecule has 0 saturated heterocycles. The van der Waals surface area contributed by atoms with Gasteiger partial charge in [0.1, 0.15) is 0 Å². The third kappa shape index (κ3) is 1.59. The van der Waals surface area contributed by atoms with E-state index in [0.29, 0.717) is 12.0 Å². The first kappa shape index (κ1) is 11.0. The van der Waals surface area contributed by atoms with Gasteiger partial charge in [0.2, 0.25) is 5.91 Å². The fourth-order valence-electron chi connectivity index (χ4n) is 2.46. The molecule has 0 aliphatic heterocycles. The van der Waals surface area contributed by atoms with E-state index in [2.05, 4.69) is 5.32 Å². The summed E-state index contributed by atoms with van der Waals surface area (Å²) in [6.07, 6.45) is 0.588. The van der Waals surface area contributed by atoms with Crippen LogP contribution in [0.5, 0.6) is 0 Å². The summed E-state index contributed by atoms with van der Waals surface area (Å²) in [5.41, 5.74) is 4.07. The number of hydrogen-bond donors (Lipinski definition) is 1. The molecule has 0 fully saturated rings. The van der Waals surface area contributed by atoms with Crippen LogP contribution in [0.3, 0.4) is 0 Å². The van der Waals surface area contributed by atoms with Crippen molar-refractivity contribution in [2.24, 2.45) is 0 Å². The lowest BCUT2D eigenvalue weighted by molar-refractivity contribution is -0.114. The van der Waals surface area contributed by atoms with Crippen molar-refractivity contribution in [2.75, 3.05) is 5.32 Å². The Balaban J connectivity index is 2.12. The van der Waals surface area contributed by atoms with Crippen LogP contribution < -0.4 is 5.32 Å². The van der Waals surface area contributed by atoms with Gasteiger partial charge < -0.3 is 5.32 Å². The lowest BCUT2D eigenvalue weighted by Gasteiger charge is -2.08. The maximum atomic E-state index is 14.3. The Labute approximate surface area is 104 Å². The molecule has 0 radical (unpaired) electrons. The Morgan fingerprint density at radius 1 is 1.17 bits per heavy atom. The van der Waals surface area contributed by atoms with Crippen molar-refractivity contribution in [2.45, 2.75) is 13.3 Å². The van der Waals surface area contributed by atoms with Crippen LogP contribution in [-0.4, -0.2) is 5.91 Å². The maximum Gasteiger partial charge on any atom is 0.221 e. The first-order valence-corrected chi connectivity index (χ1v) is 5.84. The van der Waals surface area contributed by atoms with E-state index in [1.165, 1.54) is 6.92 Å². The van der Waals surface area contributed by atoms with Crippen LogP contribution in [-0.2, 0) is 11.2 Å². The molecule has 3 heteroatoms. The summed E-state index contributed by atoms with van der Waals surface area (Å²) in [5, 5.41) is 2.52. The van der Waals surface area contributed by atoms with Crippen LogP contribution >= 0.6 is 0 Å². The van der Waals surface area contributed by atoms with Gasteiger partial charge in [0.15, 0.2) is 5.82 Å². The van der Waals surface area contributed by atoms with Crippen LogP contribution in [0.1, 0.15) is 18.1 Å². The molecule has 2 aromatic carbocycles. The molecule has 0 atom stereocenters. The number of fused-ring (bicyclic) bond motifs is 3. The van der Waals surface area contributed by atoms with E-state index >= 15 is 0 Å². The number of nitrogens with one attached hydrogen (secondary N) is 1. The van der Waals surface area contributed by atoms with E-state index in [1.54, 1.807) is 6.07 Å². The minimum absolute atomic E-state index is 0.258. The van der Waals surface area contributed by atoms with Crippen molar-refractivity contribution in [3.05, 3.63) is 53.3 Å². The zero-order chi connectivity index (χ0) is 12.7. The molecule has 0 aromatic heterocycles. The van der Waals surface area contributed by atoms with Gasteiger partial charge in [0, 0.05) is 18.9 Å². The highest BCUT2D eigenvalue weighted by Crippen LogP contribution is 2.39. The number of hydrogen-bond acceptors (Lipinski definition) is 1. The summed E-state index contributed by atoms with van der Waals surface area (Å²) in [4.78, 5) is 11.0. The Kier molecular flexibility index (Phi) is 2.40. The van der Waals surface area contributed by atoms with Crippen molar-refractivity contribution < 1.29 is 9.18 Å². The maximum absolute atomic E-state index is 14.3. The summed E-state index contributed by atoms with van der Waals surface area (Å²) >= 11 is 0. The van der Waals surface area contributed by atoms with Gasteiger partial charge in [-0.05, 0) is 22.8 Å². The second-order valence-corrected chi connectivity index (χ2v) is 4.47. The molecule has 0 spiro atoms. The number of anilines is 1. The predicted molar refractivity (Wildman–Crippen MR) is 68.9 cm³/mol. The summed E-state index contributed by atoms with van der Waals surface area (Å²) in [7, 11) is 0. The molecule has 0 saturated carbocycles. The van der Waals surface area contributed by atoms with E-state index in [-0.39, 0.29) is 17.4 Å². The third-order valence-electron chi connectivity index (χ3n) is 3.23. The molecular weight excluding hydrogens is 229 g/mol. The van der Waals surface area contributed by atoms with Crippen LogP contribution in [0, 0.1) is 5.82 Å². The highest BCUT2D eigenvalue weighted by atomic mass is 19.1. The van der Waals surface area contributed by atoms with Crippen molar-refractivity contribution in [1.82, 2.24) is 0 Å². The molecule has 0 bridgehead atoms. The van der Waals surface area contributed by atoms with Crippen molar-refractivity contribution in [3.8, 4) is 11.1 Å².